The van der Waals surface area contributed by atoms with Gasteiger partial charge in [0.05, 0.1) is 5.92 Å². The molecule has 1 N–H and O–H groups in total. The first-order valence-electron chi connectivity index (χ1n) is 7.79. The number of nitrogens with one attached hydrogen (secondary N) is 1. The lowest BCUT2D eigenvalue weighted by molar-refractivity contribution is -0.119. The number of aromatic nitrogens is 2. The molecule has 126 valence electrons. The molecule has 5 nitrogen and oxygen atoms in total. The van der Waals surface area contributed by atoms with Crippen molar-refractivity contribution in [1.29, 1.82) is 0 Å². The van der Waals surface area contributed by atoms with Crippen LogP contribution in [0.1, 0.15) is 18.2 Å². The van der Waals surface area contributed by atoms with Crippen LogP contribution in [0.15, 0.2) is 38.7 Å². The highest BCUT2D eigenvalue weighted by Crippen LogP contribution is 2.27. The van der Waals surface area contributed by atoms with E-state index in [2.05, 4.69) is 26.2 Å². The van der Waals surface area contributed by atoms with Gasteiger partial charge in [0.15, 0.2) is 5.16 Å². The first-order valence-corrected chi connectivity index (χ1v) is 9.57. The lowest BCUT2D eigenvalue weighted by Gasteiger charge is -2.25. The van der Waals surface area contributed by atoms with Gasteiger partial charge in [-0.15, -0.1) is 0 Å². The van der Waals surface area contributed by atoms with Crippen LogP contribution in [0.4, 0.5) is 5.69 Å². The average Bonchev–Trinajstić information content (AvgIpc) is 2.55. The molecule has 1 aromatic heterocycles. The van der Waals surface area contributed by atoms with Crippen molar-refractivity contribution in [2.45, 2.75) is 32.0 Å². The fourth-order valence-corrected chi connectivity index (χ4v) is 4.29. The highest BCUT2D eigenvalue weighted by Gasteiger charge is 2.28. The highest BCUT2D eigenvalue weighted by atomic mass is 79.9. The number of carbonyl (C=O) groups excluding carboxylic acids is 1. The Morgan fingerprint density at radius 3 is 3.00 bits per heavy atom. The van der Waals surface area contributed by atoms with E-state index in [4.69, 9.17) is 0 Å². The molecule has 1 atom stereocenters. The number of thioether (sulfide) groups is 1. The molecule has 0 saturated heterocycles. The maximum absolute atomic E-state index is 12.6. The summed E-state index contributed by atoms with van der Waals surface area (Å²) in [6, 6.07) is 7.48. The van der Waals surface area contributed by atoms with Crippen molar-refractivity contribution in [3.63, 3.8) is 0 Å². The Kier molecular flexibility index (Phi) is 5.10. The van der Waals surface area contributed by atoms with Crippen molar-refractivity contribution in [2.24, 2.45) is 5.92 Å². The summed E-state index contributed by atoms with van der Waals surface area (Å²) in [6.07, 6.45) is 0.650. The Hall–Kier alpha value is -1.60. The van der Waals surface area contributed by atoms with Crippen LogP contribution in [0, 0.1) is 12.8 Å². The second kappa shape index (κ2) is 7.11. The lowest BCUT2D eigenvalue weighted by atomic mass is 10.1. The molecule has 7 heteroatoms. The molecule has 2 heterocycles. The molecule has 0 saturated carbocycles. The number of carbonyl (C=O) groups is 1. The number of nitrogens with zero attached hydrogens (tertiary/aromatic N) is 2. The van der Waals surface area contributed by atoms with Crippen molar-refractivity contribution in [1.82, 2.24) is 9.55 Å². The average molecular weight is 408 g/mol. The zero-order valence-electron chi connectivity index (χ0n) is 13.5. The number of hydrogen-bond acceptors (Lipinski definition) is 4. The summed E-state index contributed by atoms with van der Waals surface area (Å²) in [5, 5.41) is 3.63. The number of anilines is 1. The van der Waals surface area contributed by atoms with Crippen molar-refractivity contribution in [3.05, 3.63) is 50.3 Å². The molecule has 0 fully saturated rings. The first-order chi connectivity index (χ1) is 11.5. The number of fused-ring (bicyclic) bond motifs is 1. The van der Waals surface area contributed by atoms with E-state index < -0.39 is 0 Å². The van der Waals surface area contributed by atoms with Gasteiger partial charge >= 0.3 is 0 Å². The van der Waals surface area contributed by atoms with Gasteiger partial charge in [0, 0.05) is 33.7 Å². The van der Waals surface area contributed by atoms with Gasteiger partial charge in [0.25, 0.3) is 5.56 Å². The predicted octanol–water partition coefficient (Wildman–Crippen LogP) is 3.24. The van der Waals surface area contributed by atoms with E-state index in [1.54, 1.807) is 4.57 Å². The third-order valence-corrected chi connectivity index (χ3v) is 5.70. The summed E-state index contributed by atoms with van der Waals surface area (Å²) < 4.78 is 2.55. The van der Waals surface area contributed by atoms with Gasteiger partial charge in [-0.1, -0.05) is 40.7 Å². The van der Waals surface area contributed by atoms with Crippen LogP contribution >= 0.6 is 27.7 Å². The van der Waals surface area contributed by atoms with Crippen LogP contribution in [0.3, 0.4) is 0 Å². The fourth-order valence-electron chi connectivity index (χ4n) is 2.77. The molecule has 0 aliphatic carbocycles. The third kappa shape index (κ3) is 3.42. The Morgan fingerprint density at radius 2 is 2.29 bits per heavy atom. The summed E-state index contributed by atoms with van der Waals surface area (Å²) in [5.74, 6) is 0.294. The summed E-state index contributed by atoms with van der Waals surface area (Å²) in [7, 11) is 0. The number of rotatable bonds is 3. The minimum Gasteiger partial charge on any atom is -0.326 e. The van der Waals surface area contributed by atoms with Gasteiger partial charge in [0.2, 0.25) is 5.91 Å². The van der Waals surface area contributed by atoms with Gasteiger partial charge in [-0.25, -0.2) is 4.98 Å². The number of benzene rings is 1. The normalized spacial score (nSPS) is 16.5. The van der Waals surface area contributed by atoms with Crippen LogP contribution in [-0.4, -0.2) is 21.2 Å². The Labute approximate surface area is 153 Å². The number of aryl methyl sites for hydroxylation is 1. The van der Waals surface area contributed by atoms with Gasteiger partial charge < -0.3 is 5.32 Å². The minimum absolute atomic E-state index is 0.0209. The second-order valence-electron chi connectivity index (χ2n) is 5.74. The topological polar surface area (TPSA) is 64.0 Å². The Balaban J connectivity index is 1.82. The van der Waals surface area contributed by atoms with Crippen molar-refractivity contribution >= 4 is 39.3 Å². The summed E-state index contributed by atoms with van der Waals surface area (Å²) in [5.41, 5.74) is 2.24. The molecule has 2 aromatic rings. The number of halogens is 1. The summed E-state index contributed by atoms with van der Waals surface area (Å²) in [6.45, 7) is 4.20. The molecule has 0 spiro atoms. The van der Waals surface area contributed by atoms with Gasteiger partial charge in [-0.3, -0.25) is 14.2 Å². The van der Waals surface area contributed by atoms with Crippen LogP contribution in [0.25, 0.3) is 0 Å². The van der Waals surface area contributed by atoms with Crippen molar-refractivity contribution < 1.29 is 4.79 Å². The van der Waals surface area contributed by atoms with E-state index in [1.807, 2.05) is 38.1 Å². The molecule has 3 rings (SSSR count). The zero-order chi connectivity index (χ0) is 17.3. The molecule has 0 radical (unpaired) electrons. The van der Waals surface area contributed by atoms with E-state index in [1.165, 1.54) is 11.8 Å². The van der Waals surface area contributed by atoms with Gasteiger partial charge in [0.1, 0.15) is 0 Å². The summed E-state index contributed by atoms with van der Waals surface area (Å²) >= 11 is 4.86. The van der Waals surface area contributed by atoms with E-state index in [-0.39, 0.29) is 17.4 Å². The molecule has 1 aliphatic heterocycles. The summed E-state index contributed by atoms with van der Waals surface area (Å²) in [4.78, 5) is 29.7. The highest BCUT2D eigenvalue weighted by molar-refractivity contribution is 9.10. The molecule has 0 unspecified atom stereocenters. The van der Waals surface area contributed by atoms with E-state index >= 15 is 0 Å². The number of hydrogen-bond donors (Lipinski definition) is 1. The monoisotopic (exact) mass is 407 g/mol. The lowest BCUT2D eigenvalue weighted by Crippen LogP contribution is -2.38. The molecule has 1 aromatic carbocycles. The van der Waals surface area contributed by atoms with E-state index in [0.29, 0.717) is 23.9 Å². The molecular weight excluding hydrogens is 390 g/mol. The standard InChI is InChI=1S/C17H18BrN3O2S/c1-3-14-10(2)19-17-21(16(14)23)8-11(9-24-17)15(22)20-13-6-4-5-12(18)7-13/h4-7,11H,3,8-9H2,1-2H3,(H,20,22)/t11-/m0/s1. The Bertz CT molecular complexity index is 850. The van der Waals surface area contributed by atoms with E-state index in [0.717, 1.165) is 21.4 Å². The van der Waals surface area contributed by atoms with Crippen molar-refractivity contribution in [3.8, 4) is 0 Å². The maximum atomic E-state index is 12.6. The maximum Gasteiger partial charge on any atom is 0.257 e. The van der Waals surface area contributed by atoms with Crippen LogP contribution in [0.2, 0.25) is 0 Å². The van der Waals surface area contributed by atoms with Crippen LogP contribution < -0.4 is 10.9 Å². The molecule has 0 bridgehead atoms. The minimum atomic E-state index is -0.256. The van der Waals surface area contributed by atoms with E-state index in [9.17, 15) is 9.59 Å². The van der Waals surface area contributed by atoms with Crippen LogP contribution in [-0.2, 0) is 17.8 Å². The quantitative estimate of drug-likeness (QED) is 0.793. The second-order valence-corrected chi connectivity index (χ2v) is 7.64. The number of amides is 1. The molecular formula is C17H18BrN3O2S. The molecule has 24 heavy (non-hydrogen) atoms. The van der Waals surface area contributed by atoms with Gasteiger partial charge in [-0.2, -0.15) is 0 Å². The third-order valence-electron chi connectivity index (χ3n) is 4.07. The fraction of sp³-hybridized carbons (Fsp3) is 0.353. The van der Waals surface area contributed by atoms with Crippen molar-refractivity contribution in [2.75, 3.05) is 11.1 Å². The molecule has 1 amide bonds. The SMILES string of the molecule is CCc1c(C)nc2n(c1=O)C[C@H](C(=O)Nc1cccc(Br)c1)CS2. The molecule has 1 aliphatic rings. The predicted molar refractivity (Wildman–Crippen MR) is 99.6 cm³/mol. The van der Waals surface area contributed by atoms with Crippen LogP contribution in [0.5, 0.6) is 0 Å². The first kappa shape index (κ1) is 17.2. The zero-order valence-corrected chi connectivity index (χ0v) is 15.9. The largest absolute Gasteiger partial charge is 0.326 e. The van der Waals surface area contributed by atoms with Gasteiger partial charge in [-0.05, 0) is 31.5 Å². The Morgan fingerprint density at radius 1 is 1.50 bits per heavy atom. The smallest absolute Gasteiger partial charge is 0.257 e.